The Morgan fingerprint density at radius 3 is 0.937 bits per heavy atom. The maximum atomic E-state index is 12.8. The molecule has 6 heteroatoms. The number of hydrogen-bond donors (Lipinski definition) is 0. The monoisotopic (exact) mass is 881 g/mol. The van der Waals surface area contributed by atoms with Gasteiger partial charge in [-0.1, -0.05) is 197 Å². The van der Waals surface area contributed by atoms with Crippen molar-refractivity contribution in [3.05, 3.63) is 60.8 Å². The first kappa shape index (κ1) is 60.1. The minimum Gasteiger partial charge on any atom is -0.462 e. The van der Waals surface area contributed by atoms with E-state index in [0.29, 0.717) is 19.3 Å². The van der Waals surface area contributed by atoms with Crippen molar-refractivity contribution in [1.82, 2.24) is 0 Å². The van der Waals surface area contributed by atoms with Gasteiger partial charge in [-0.2, -0.15) is 0 Å². The third-order valence-electron chi connectivity index (χ3n) is 11.5. The Morgan fingerprint density at radius 2 is 0.571 bits per heavy atom. The van der Waals surface area contributed by atoms with Crippen molar-refractivity contribution in [2.75, 3.05) is 13.2 Å². The molecule has 0 aromatic carbocycles. The molecule has 0 aromatic heterocycles. The highest BCUT2D eigenvalue weighted by atomic mass is 16.6. The number of ether oxygens (including phenoxy) is 3. The van der Waals surface area contributed by atoms with E-state index < -0.39 is 6.10 Å². The lowest BCUT2D eigenvalue weighted by Crippen LogP contribution is -2.30. The molecule has 63 heavy (non-hydrogen) atoms. The zero-order valence-corrected chi connectivity index (χ0v) is 41.6. The second kappa shape index (κ2) is 51.7. The molecule has 0 unspecified atom stereocenters. The Bertz CT molecular complexity index is 1150. The molecule has 0 spiro atoms. The number of rotatable bonds is 48. The lowest BCUT2D eigenvalue weighted by Gasteiger charge is -2.18. The molecular weight excluding hydrogens is 781 g/mol. The molecule has 1 atom stereocenters. The van der Waals surface area contributed by atoms with Gasteiger partial charge < -0.3 is 14.2 Å². The van der Waals surface area contributed by atoms with Gasteiger partial charge in [0.15, 0.2) is 6.10 Å². The summed E-state index contributed by atoms with van der Waals surface area (Å²) < 4.78 is 16.8. The minimum absolute atomic E-state index is 0.0867. The van der Waals surface area contributed by atoms with Gasteiger partial charge in [0.2, 0.25) is 0 Å². The third-order valence-corrected chi connectivity index (χ3v) is 11.5. The van der Waals surface area contributed by atoms with Crippen molar-refractivity contribution >= 4 is 17.9 Å². The number of unbranched alkanes of at least 4 members (excludes halogenated alkanes) is 27. The average molecular weight is 881 g/mol. The quantitative estimate of drug-likeness (QED) is 0.0262. The Kier molecular flexibility index (Phi) is 49.4. The molecule has 0 bridgehead atoms. The van der Waals surface area contributed by atoms with Gasteiger partial charge in [-0.15, -0.1) is 0 Å². The van der Waals surface area contributed by atoms with Crippen LogP contribution in [0.15, 0.2) is 60.8 Å². The largest absolute Gasteiger partial charge is 0.462 e. The molecule has 0 saturated carbocycles. The summed E-state index contributed by atoms with van der Waals surface area (Å²) in [4.78, 5) is 38.0. The first-order chi connectivity index (χ1) is 31.0. The van der Waals surface area contributed by atoms with E-state index in [-0.39, 0.29) is 31.1 Å². The van der Waals surface area contributed by atoms with Gasteiger partial charge >= 0.3 is 17.9 Å². The van der Waals surface area contributed by atoms with E-state index in [4.69, 9.17) is 14.2 Å². The fourth-order valence-corrected chi connectivity index (χ4v) is 7.38. The third kappa shape index (κ3) is 50.0. The number of carbonyl (C=O) groups is 3. The number of allylic oxidation sites excluding steroid dienone is 10. The Morgan fingerprint density at radius 1 is 0.317 bits per heavy atom. The van der Waals surface area contributed by atoms with E-state index >= 15 is 0 Å². The summed E-state index contributed by atoms with van der Waals surface area (Å²) in [6.45, 7) is 6.56. The first-order valence-electron chi connectivity index (χ1n) is 26.8. The molecular formula is C57H100O6. The molecule has 0 aliphatic rings. The second-order valence-corrected chi connectivity index (χ2v) is 17.8. The second-order valence-electron chi connectivity index (χ2n) is 17.8. The maximum Gasteiger partial charge on any atom is 0.306 e. The highest BCUT2D eigenvalue weighted by molar-refractivity contribution is 5.71. The fourth-order valence-electron chi connectivity index (χ4n) is 7.38. The van der Waals surface area contributed by atoms with E-state index in [9.17, 15) is 14.4 Å². The summed E-state index contributed by atoms with van der Waals surface area (Å²) in [5, 5.41) is 0. The highest BCUT2D eigenvalue weighted by Gasteiger charge is 2.19. The number of esters is 3. The smallest absolute Gasteiger partial charge is 0.306 e. The Labute approximate surface area is 390 Å². The van der Waals surface area contributed by atoms with Crippen LogP contribution in [0.2, 0.25) is 0 Å². The average Bonchev–Trinajstić information content (AvgIpc) is 3.28. The first-order valence-corrected chi connectivity index (χ1v) is 26.8. The lowest BCUT2D eigenvalue weighted by atomic mass is 10.1. The van der Waals surface area contributed by atoms with E-state index in [0.717, 1.165) is 96.3 Å². The van der Waals surface area contributed by atoms with E-state index in [1.807, 2.05) is 0 Å². The molecule has 0 aromatic rings. The molecule has 0 heterocycles. The van der Waals surface area contributed by atoms with Crippen LogP contribution in [0.3, 0.4) is 0 Å². The van der Waals surface area contributed by atoms with Gasteiger partial charge in [-0.25, -0.2) is 0 Å². The Hall–Kier alpha value is -2.89. The van der Waals surface area contributed by atoms with E-state index in [2.05, 4.69) is 81.5 Å². The molecule has 0 rings (SSSR count). The minimum atomic E-state index is -0.788. The van der Waals surface area contributed by atoms with Crippen LogP contribution >= 0.6 is 0 Å². The summed E-state index contributed by atoms with van der Waals surface area (Å²) in [6, 6.07) is 0. The van der Waals surface area contributed by atoms with Crippen LogP contribution < -0.4 is 0 Å². The molecule has 364 valence electrons. The van der Waals surface area contributed by atoms with Crippen LogP contribution in [0.1, 0.15) is 265 Å². The van der Waals surface area contributed by atoms with Gasteiger partial charge in [0.1, 0.15) is 13.2 Å². The Balaban J connectivity index is 4.42. The summed E-state index contributed by atoms with van der Waals surface area (Å²) in [7, 11) is 0. The van der Waals surface area contributed by atoms with Crippen LogP contribution in [-0.2, 0) is 28.6 Å². The van der Waals surface area contributed by atoms with Crippen LogP contribution in [0, 0.1) is 0 Å². The number of carbonyl (C=O) groups excluding carboxylic acids is 3. The maximum absolute atomic E-state index is 12.8. The summed E-state index contributed by atoms with van der Waals surface area (Å²) in [5.41, 5.74) is 0. The van der Waals surface area contributed by atoms with Crippen molar-refractivity contribution in [3.8, 4) is 0 Å². The topological polar surface area (TPSA) is 78.9 Å². The predicted octanol–water partition coefficient (Wildman–Crippen LogP) is 17.6. The molecule has 0 aliphatic heterocycles. The van der Waals surface area contributed by atoms with Gasteiger partial charge in [-0.3, -0.25) is 14.4 Å². The summed E-state index contributed by atoms with van der Waals surface area (Å²) >= 11 is 0. The van der Waals surface area contributed by atoms with Crippen molar-refractivity contribution in [2.45, 2.75) is 271 Å². The van der Waals surface area contributed by atoms with Gasteiger partial charge in [0.05, 0.1) is 0 Å². The molecule has 0 saturated heterocycles. The SMILES string of the molecule is CCCCC/C=C\C/C=C\C/C=C\CCCCCCC(=O)OC[C@H](COC(=O)CCCCCCCCC/C=C\CCCCCC)OC(=O)CCCCCCC/C=C\CCCCCC. The lowest BCUT2D eigenvalue weighted by molar-refractivity contribution is -0.167. The zero-order chi connectivity index (χ0) is 45.8. The standard InChI is InChI=1S/C57H100O6/c1-4-7-10-13-16-19-22-25-27-28-30-33-35-38-41-44-47-50-56(59)62-53-54(63-57(60)51-48-45-42-39-36-31-24-21-18-15-12-9-6-3)52-61-55(58)49-46-43-40-37-34-32-29-26-23-20-17-14-11-8-5-2/h16,19-21,23-25,27,30,33,54H,4-15,17-18,22,26,28-29,31-32,34-53H2,1-3H3/b19-16-,23-20-,24-21-,27-25-,33-30-/t54-/m0/s1. The van der Waals surface area contributed by atoms with Crippen molar-refractivity contribution in [2.24, 2.45) is 0 Å². The van der Waals surface area contributed by atoms with Gasteiger partial charge in [-0.05, 0) is 109 Å². The van der Waals surface area contributed by atoms with E-state index in [1.54, 1.807) is 0 Å². The van der Waals surface area contributed by atoms with Gasteiger partial charge in [0.25, 0.3) is 0 Å². The van der Waals surface area contributed by atoms with Crippen molar-refractivity contribution in [3.63, 3.8) is 0 Å². The van der Waals surface area contributed by atoms with Crippen LogP contribution in [-0.4, -0.2) is 37.2 Å². The molecule has 0 aliphatic carbocycles. The zero-order valence-electron chi connectivity index (χ0n) is 41.6. The molecule has 0 amide bonds. The summed E-state index contributed by atoms with van der Waals surface area (Å²) in [6.07, 6.45) is 63.4. The summed E-state index contributed by atoms with van der Waals surface area (Å²) in [5.74, 6) is -0.917. The fraction of sp³-hybridized carbons (Fsp3) is 0.772. The molecule has 0 N–H and O–H groups in total. The van der Waals surface area contributed by atoms with Crippen molar-refractivity contribution in [1.29, 1.82) is 0 Å². The molecule has 6 nitrogen and oxygen atoms in total. The predicted molar refractivity (Wildman–Crippen MR) is 270 cm³/mol. The van der Waals surface area contributed by atoms with Crippen LogP contribution in [0.4, 0.5) is 0 Å². The molecule has 0 fully saturated rings. The molecule has 0 radical (unpaired) electrons. The number of hydrogen-bond acceptors (Lipinski definition) is 6. The normalized spacial score (nSPS) is 12.5. The van der Waals surface area contributed by atoms with Gasteiger partial charge in [0, 0.05) is 19.3 Å². The van der Waals surface area contributed by atoms with Crippen molar-refractivity contribution < 1.29 is 28.6 Å². The van der Waals surface area contributed by atoms with Crippen LogP contribution in [0.5, 0.6) is 0 Å². The van der Waals surface area contributed by atoms with E-state index in [1.165, 1.54) is 128 Å². The van der Waals surface area contributed by atoms with Crippen LogP contribution in [0.25, 0.3) is 0 Å². The highest BCUT2D eigenvalue weighted by Crippen LogP contribution is 2.14.